The Balaban J connectivity index is 2.01. The average Bonchev–Trinajstić information content (AvgIpc) is 2.66. The van der Waals surface area contributed by atoms with Gasteiger partial charge in [0.25, 0.3) is 0 Å². The van der Waals surface area contributed by atoms with E-state index < -0.39 is 5.97 Å². The molecule has 0 bridgehead atoms. The van der Waals surface area contributed by atoms with Gasteiger partial charge in [-0.3, -0.25) is 10.1 Å². The first kappa shape index (κ1) is 12.8. The lowest BCUT2D eigenvalue weighted by atomic mass is 10.1. The van der Waals surface area contributed by atoms with Crippen LogP contribution in [0, 0.1) is 0 Å². The summed E-state index contributed by atoms with van der Waals surface area (Å²) in [5.41, 5.74) is 0. The van der Waals surface area contributed by atoms with E-state index in [9.17, 15) is 4.79 Å². The van der Waals surface area contributed by atoms with Gasteiger partial charge in [0.1, 0.15) is 6.04 Å². The zero-order valence-electron chi connectivity index (χ0n) is 9.37. The van der Waals surface area contributed by atoms with Gasteiger partial charge in [-0.2, -0.15) is 0 Å². The van der Waals surface area contributed by atoms with E-state index in [1.807, 2.05) is 0 Å². The summed E-state index contributed by atoms with van der Waals surface area (Å²) in [4.78, 5) is 10.7. The molecule has 0 aliphatic carbocycles. The van der Waals surface area contributed by atoms with Crippen LogP contribution in [0.1, 0.15) is 45.4 Å². The summed E-state index contributed by atoms with van der Waals surface area (Å²) >= 11 is 1.75. The minimum Gasteiger partial charge on any atom is -0.480 e. The summed E-state index contributed by atoms with van der Waals surface area (Å²) in [5.74, 6) is 0.00517. The van der Waals surface area contributed by atoms with Crippen molar-refractivity contribution < 1.29 is 9.90 Å². The Bertz CT molecular complexity index is 199. The standard InChI is InChI=1S/C11H21NO2S/c1-2-3-4-5-6-7-10-12-9(8-15-10)11(13)14/h9-10,12H,2-8H2,1H3,(H,13,14). The van der Waals surface area contributed by atoms with Crippen molar-refractivity contribution >= 4 is 17.7 Å². The van der Waals surface area contributed by atoms with Gasteiger partial charge < -0.3 is 5.11 Å². The second-order valence-corrected chi connectivity index (χ2v) is 5.32. The van der Waals surface area contributed by atoms with Crippen molar-refractivity contribution in [3.05, 3.63) is 0 Å². The van der Waals surface area contributed by atoms with Crippen LogP contribution in [0.5, 0.6) is 0 Å². The molecule has 3 nitrogen and oxygen atoms in total. The number of nitrogens with one attached hydrogen (secondary N) is 1. The van der Waals surface area contributed by atoms with Gasteiger partial charge in [-0.15, -0.1) is 11.8 Å². The van der Waals surface area contributed by atoms with E-state index in [1.165, 1.54) is 32.1 Å². The molecular weight excluding hydrogens is 210 g/mol. The Hall–Kier alpha value is -0.220. The third-order valence-corrected chi connectivity index (χ3v) is 4.02. The van der Waals surface area contributed by atoms with E-state index in [2.05, 4.69) is 12.2 Å². The van der Waals surface area contributed by atoms with E-state index >= 15 is 0 Å². The van der Waals surface area contributed by atoms with Gasteiger partial charge in [0, 0.05) is 5.75 Å². The molecule has 1 saturated heterocycles. The van der Waals surface area contributed by atoms with E-state index in [0.717, 1.165) is 12.2 Å². The summed E-state index contributed by atoms with van der Waals surface area (Å²) in [6.07, 6.45) is 7.52. The molecule has 2 N–H and O–H groups in total. The maximum Gasteiger partial charge on any atom is 0.321 e. The molecule has 2 atom stereocenters. The zero-order chi connectivity index (χ0) is 11.1. The first-order chi connectivity index (χ1) is 7.24. The summed E-state index contributed by atoms with van der Waals surface area (Å²) < 4.78 is 0. The number of hydrogen-bond acceptors (Lipinski definition) is 3. The lowest BCUT2D eigenvalue weighted by molar-refractivity contribution is -0.138. The average molecular weight is 231 g/mol. The van der Waals surface area contributed by atoms with Gasteiger partial charge in [0.05, 0.1) is 5.37 Å². The lowest BCUT2D eigenvalue weighted by Gasteiger charge is -2.10. The minimum absolute atomic E-state index is 0.323. The largest absolute Gasteiger partial charge is 0.480 e. The number of carboxylic acids is 1. The quantitative estimate of drug-likeness (QED) is 0.661. The van der Waals surface area contributed by atoms with Crippen LogP contribution in [-0.2, 0) is 4.79 Å². The van der Waals surface area contributed by atoms with Crippen LogP contribution < -0.4 is 5.32 Å². The molecule has 0 saturated carbocycles. The fourth-order valence-corrected chi connectivity index (χ4v) is 3.03. The van der Waals surface area contributed by atoms with E-state index in [1.54, 1.807) is 11.8 Å². The third-order valence-electron chi connectivity index (χ3n) is 2.72. The molecular formula is C11H21NO2S. The zero-order valence-corrected chi connectivity index (χ0v) is 10.2. The summed E-state index contributed by atoms with van der Waals surface area (Å²) in [6.45, 7) is 2.21. The van der Waals surface area contributed by atoms with Crippen molar-refractivity contribution in [2.75, 3.05) is 5.75 Å². The molecule has 0 aromatic carbocycles. The molecule has 88 valence electrons. The van der Waals surface area contributed by atoms with Gasteiger partial charge in [-0.05, 0) is 6.42 Å². The molecule has 1 aliphatic heterocycles. The molecule has 1 fully saturated rings. The fourth-order valence-electron chi connectivity index (χ4n) is 1.78. The highest BCUT2D eigenvalue weighted by Crippen LogP contribution is 2.23. The predicted molar refractivity (Wildman–Crippen MR) is 64.2 cm³/mol. The van der Waals surface area contributed by atoms with E-state index in [0.29, 0.717) is 5.37 Å². The van der Waals surface area contributed by atoms with Crippen molar-refractivity contribution in [2.24, 2.45) is 0 Å². The first-order valence-electron chi connectivity index (χ1n) is 5.84. The number of aliphatic carboxylic acids is 1. The van der Waals surface area contributed by atoms with Gasteiger partial charge >= 0.3 is 5.97 Å². The maximum atomic E-state index is 10.7. The normalized spacial score (nSPS) is 25.7. The van der Waals surface area contributed by atoms with Crippen LogP contribution in [0.25, 0.3) is 0 Å². The van der Waals surface area contributed by atoms with Crippen molar-refractivity contribution in [3.63, 3.8) is 0 Å². The van der Waals surface area contributed by atoms with Gasteiger partial charge in [0.15, 0.2) is 0 Å². The van der Waals surface area contributed by atoms with Crippen molar-refractivity contribution in [1.29, 1.82) is 0 Å². The highest BCUT2D eigenvalue weighted by molar-refractivity contribution is 8.00. The topological polar surface area (TPSA) is 49.3 Å². The van der Waals surface area contributed by atoms with Gasteiger partial charge in [0.2, 0.25) is 0 Å². The number of carbonyl (C=O) groups is 1. The second kappa shape index (κ2) is 7.12. The van der Waals surface area contributed by atoms with Crippen LogP contribution in [0.4, 0.5) is 0 Å². The minimum atomic E-state index is -0.712. The Morgan fingerprint density at radius 2 is 2.13 bits per heavy atom. The van der Waals surface area contributed by atoms with Crippen LogP contribution in [0.2, 0.25) is 0 Å². The number of unbranched alkanes of at least 4 members (excludes halogenated alkanes) is 4. The highest BCUT2D eigenvalue weighted by Gasteiger charge is 2.28. The van der Waals surface area contributed by atoms with E-state index in [4.69, 9.17) is 5.11 Å². The predicted octanol–water partition coefficient (Wildman–Crippen LogP) is 2.46. The van der Waals surface area contributed by atoms with E-state index in [-0.39, 0.29) is 6.04 Å². The highest BCUT2D eigenvalue weighted by atomic mass is 32.2. The molecule has 2 unspecified atom stereocenters. The molecule has 0 spiro atoms. The van der Waals surface area contributed by atoms with Crippen molar-refractivity contribution in [1.82, 2.24) is 5.32 Å². The maximum absolute atomic E-state index is 10.7. The summed E-state index contributed by atoms with van der Waals surface area (Å²) in [6, 6.07) is -0.323. The van der Waals surface area contributed by atoms with Crippen LogP contribution in [0.3, 0.4) is 0 Å². The molecule has 0 amide bonds. The fraction of sp³-hybridized carbons (Fsp3) is 0.909. The van der Waals surface area contributed by atoms with Crippen LogP contribution >= 0.6 is 11.8 Å². The molecule has 1 rings (SSSR count). The monoisotopic (exact) mass is 231 g/mol. The Labute approximate surface area is 96.0 Å². The van der Waals surface area contributed by atoms with Crippen molar-refractivity contribution in [2.45, 2.75) is 56.9 Å². The summed E-state index contributed by atoms with van der Waals surface area (Å²) in [5, 5.41) is 12.3. The van der Waals surface area contributed by atoms with Crippen molar-refractivity contribution in [3.8, 4) is 0 Å². The summed E-state index contributed by atoms with van der Waals surface area (Å²) in [7, 11) is 0. The number of rotatable bonds is 7. The lowest BCUT2D eigenvalue weighted by Crippen LogP contribution is -2.36. The van der Waals surface area contributed by atoms with Crippen LogP contribution in [-0.4, -0.2) is 28.2 Å². The third kappa shape index (κ3) is 4.89. The Morgan fingerprint density at radius 3 is 2.73 bits per heavy atom. The SMILES string of the molecule is CCCCCCCC1NC(C(=O)O)CS1. The molecule has 4 heteroatoms. The molecule has 0 radical (unpaired) electrons. The number of carboxylic acid groups (broad SMARTS) is 1. The number of thioether (sulfide) groups is 1. The second-order valence-electron chi connectivity index (χ2n) is 4.08. The smallest absolute Gasteiger partial charge is 0.321 e. The Kier molecular flexibility index (Phi) is 6.10. The molecule has 0 aromatic rings. The molecule has 1 heterocycles. The molecule has 1 aliphatic rings. The van der Waals surface area contributed by atoms with Crippen LogP contribution in [0.15, 0.2) is 0 Å². The van der Waals surface area contributed by atoms with Gasteiger partial charge in [-0.1, -0.05) is 39.0 Å². The number of hydrogen-bond donors (Lipinski definition) is 2. The molecule has 0 aromatic heterocycles. The van der Waals surface area contributed by atoms with Gasteiger partial charge in [-0.25, -0.2) is 0 Å². The molecule has 15 heavy (non-hydrogen) atoms. The Morgan fingerprint density at radius 1 is 1.40 bits per heavy atom. The first-order valence-corrected chi connectivity index (χ1v) is 6.89.